The van der Waals surface area contributed by atoms with Crippen molar-refractivity contribution >= 4 is 5.91 Å². The van der Waals surface area contributed by atoms with E-state index in [2.05, 4.69) is 0 Å². The Bertz CT molecular complexity index is 171. The second kappa shape index (κ2) is 7.94. The number of amides is 1. The molecule has 0 aliphatic heterocycles. The van der Waals surface area contributed by atoms with Crippen LogP contribution in [0, 0.1) is 7.43 Å². The van der Waals surface area contributed by atoms with Gasteiger partial charge in [-0.2, -0.15) is 0 Å². The van der Waals surface area contributed by atoms with E-state index >= 15 is 0 Å². The topological polar surface area (TPSA) is 20.3 Å². The summed E-state index contributed by atoms with van der Waals surface area (Å²) in [6.07, 6.45) is 0. The average Bonchev–Trinajstić information content (AvgIpc) is 1.84. The molecule has 0 spiro atoms. The largest absolute Gasteiger partial charge is 0.358 e. The first-order chi connectivity index (χ1) is 4.46. The molecule has 0 unspecified atom stereocenters. The molecule has 0 aromatic rings. The van der Waals surface area contributed by atoms with Crippen LogP contribution in [0.4, 0.5) is 0 Å². The summed E-state index contributed by atoms with van der Waals surface area (Å²) in [6.45, 7) is 7.49. The number of nitrogens with zero attached hydrogens (tertiary/aromatic N) is 1. The summed E-state index contributed by atoms with van der Waals surface area (Å²) in [4.78, 5) is 12.4. The number of allylic oxidation sites excluding steroid dienone is 2. The van der Waals surface area contributed by atoms with Crippen LogP contribution in [0.5, 0.6) is 0 Å². The van der Waals surface area contributed by atoms with Crippen molar-refractivity contribution in [1.82, 2.24) is 4.90 Å². The van der Waals surface area contributed by atoms with E-state index in [-0.39, 0.29) is 46.0 Å². The van der Waals surface area contributed by atoms with Crippen LogP contribution >= 0.6 is 0 Å². The fourth-order valence-corrected chi connectivity index (χ4v) is 0.572. The first-order valence-electron chi connectivity index (χ1n) is 3.35. The van der Waals surface area contributed by atoms with Crippen molar-refractivity contribution < 1.29 is 37.5 Å². The number of hydrogen-bond donors (Lipinski definition) is 0. The molecule has 0 saturated carbocycles. The van der Waals surface area contributed by atoms with E-state index in [0.29, 0.717) is 0 Å². The molecule has 69 valence electrons. The van der Waals surface area contributed by atoms with Gasteiger partial charge in [0.2, 0.25) is 5.91 Å². The van der Waals surface area contributed by atoms with Crippen molar-refractivity contribution in [2.24, 2.45) is 0 Å². The van der Waals surface area contributed by atoms with Crippen LogP contribution in [-0.2, 0) is 37.5 Å². The molecule has 0 aromatic carbocycles. The predicted octanol–water partition coefficient (Wildman–Crippen LogP) is 2.23. The summed E-state index contributed by atoms with van der Waals surface area (Å²) in [6, 6.07) is 0. The number of carbonyl (C=O) groups excluding carboxylic acids is 1. The Hall–Kier alpha value is 0.314. The van der Waals surface area contributed by atoms with Gasteiger partial charge in [0.05, 0.1) is 0 Å². The van der Waals surface area contributed by atoms with Crippen molar-refractivity contribution in [2.45, 2.75) is 27.7 Å². The van der Waals surface area contributed by atoms with Gasteiger partial charge in [-0.1, -0.05) is 5.57 Å². The smallest absolute Gasteiger partial charge is 0.223 e. The van der Waals surface area contributed by atoms with Crippen molar-refractivity contribution in [1.29, 1.82) is 0 Å². The predicted molar refractivity (Wildman–Crippen MR) is 48.9 cm³/mol. The summed E-state index contributed by atoms with van der Waals surface area (Å²) in [5, 5.41) is 0. The van der Waals surface area contributed by atoms with Gasteiger partial charge in [0.25, 0.3) is 0 Å². The average molecular weight is 245 g/mol. The van der Waals surface area contributed by atoms with Gasteiger partial charge in [0, 0.05) is 52.4 Å². The van der Waals surface area contributed by atoms with Crippen LogP contribution in [0.2, 0.25) is 0 Å². The molecule has 3 heteroatoms. The molecule has 0 N–H and O–H groups in total. The molecule has 0 aliphatic carbocycles. The molecule has 0 atom stereocenters. The van der Waals surface area contributed by atoms with Gasteiger partial charge in [-0.3, -0.25) is 4.79 Å². The van der Waals surface area contributed by atoms with Crippen molar-refractivity contribution in [2.75, 3.05) is 7.05 Å². The zero-order chi connectivity index (χ0) is 8.31. The molecule has 1 amide bonds. The van der Waals surface area contributed by atoms with E-state index in [1.807, 2.05) is 20.8 Å². The van der Waals surface area contributed by atoms with Gasteiger partial charge in [0.15, 0.2) is 0 Å². The van der Waals surface area contributed by atoms with E-state index in [1.54, 1.807) is 18.9 Å². The van der Waals surface area contributed by atoms with Gasteiger partial charge >= 0.3 is 0 Å². The Morgan fingerprint density at radius 1 is 1.08 bits per heavy atom. The van der Waals surface area contributed by atoms with E-state index in [9.17, 15) is 4.79 Å². The maximum atomic E-state index is 10.8. The third-order valence-electron chi connectivity index (χ3n) is 1.70. The van der Waals surface area contributed by atoms with Gasteiger partial charge in [-0.25, -0.2) is 0 Å². The Balaban J connectivity index is -0.000000405. The Morgan fingerprint density at radius 2 is 1.42 bits per heavy atom. The first kappa shape index (κ1) is 18.2. The summed E-state index contributed by atoms with van der Waals surface area (Å²) >= 11 is 0. The molecule has 0 aliphatic rings. The molecule has 0 rings (SSSR count). The van der Waals surface area contributed by atoms with Crippen molar-refractivity contribution in [3.8, 4) is 0 Å². The fourth-order valence-electron chi connectivity index (χ4n) is 0.572. The van der Waals surface area contributed by atoms with Crippen LogP contribution in [-0.4, -0.2) is 17.9 Å². The molecular formula is C9H18NOY-. The molecular weight excluding hydrogens is 227 g/mol. The number of hydrogen-bond acceptors (Lipinski definition) is 1. The normalized spacial score (nSPS) is 7.42. The first-order valence-corrected chi connectivity index (χ1v) is 3.35. The molecule has 0 bridgehead atoms. The van der Waals surface area contributed by atoms with E-state index in [1.165, 1.54) is 5.57 Å². The molecule has 0 saturated heterocycles. The third-order valence-corrected chi connectivity index (χ3v) is 1.70. The molecule has 2 nitrogen and oxygen atoms in total. The van der Waals surface area contributed by atoms with Crippen molar-refractivity contribution in [3.05, 3.63) is 18.7 Å². The maximum Gasteiger partial charge on any atom is 0.223 e. The summed E-state index contributed by atoms with van der Waals surface area (Å²) in [5.41, 5.74) is 2.21. The Labute approximate surface area is 101 Å². The zero-order valence-electron chi connectivity index (χ0n) is 8.93. The van der Waals surface area contributed by atoms with Crippen molar-refractivity contribution in [3.63, 3.8) is 0 Å². The van der Waals surface area contributed by atoms with E-state index in [0.717, 1.165) is 5.70 Å². The van der Waals surface area contributed by atoms with Crippen LogP contribution in [0.15, 0.2) is 11.3 Å². The monoisotopic (exact) mass is 245 g/mol. The van der Waals surface area contributed by atoms with Gasteiger partial charge in [-0.05, 0) is 20.8 Å². The summed E-state index contributed by atoms with van der Waals surface area (Å²) in [7, 11) is 1.78. The zero-order valence-corrected chi connectivity index (χ0v) is 11.8. The number of rotatable bonds is 1. The fraction of sp³-hybridized carbons (Fsp3) is 0.556. The second-order valence-corrected chi connectivity index (χ2v) is 2.66. The molecule has 0 heterocycles. The molecule has 0 aromatic heterocycles. The quantitative estimate of drug-likeness (QED) is 0.649. The van der Waals surface area contributed by atoms with Gasteiger partial charge in [-0.15, -0.1) is 0 Å². The minimum Gasteiger partial charge on any atom is -0.358 e. The van der Waals surface area contributed by atoms with E-state index in [4.69, 9.17) is 0 Å². The van der Waals surface area contributed by atoms with Crippen LogP contribution in [0.1, 0.15) is 27.7 Å². The van der Waals surface area contributed by atoms with E-state index < -0.39 is 0 Å². The van der Waals surface area contributed by atoms with Crippen LogP contribution in [0.25, 0.3) is 0 Å². The minimum absolute atomic E-state index is 0. The van der Waals surface area contributed by atoms with Gasteiger partial charge < -0.3 is 12.3 Å². The number of carbonyl (C=O) groups is 1. The summed E-state index contributed by atoms with van der Waals surface area (Å²) in [5.74, 6) is 0.0821. The van der Waals surface area contributed by atoms with Crippen LogP contribution in [0.3, 0.4) is 0 Å². The minimum atomic E-state index is 0. The second-order valence-electron chi connectivity index (χ2n) is 2.66. The Kier molecular flexibility index (Phi) is 12.0. The summed E-state index contributed by atoms with van der Waals surface area (Å²) < 4.78 is 0. The standard InChI is InChI=1S/C8H15NO.CH3.Y/c1-6(2)7(3)9(5)8(4)10;;/h1-5H3;1H3;/q;-1;. The molecule has 0 fully saturated rings. The maximum absolute atomic E-state index is 10.8. The molecule has 1 radical (unpaired) electrons. The SMILES string of the molecule is CC(=O)N(C)C(C)=C(C)C.[CH3-].[Y]. The van der Waals surface area contributed by atoms with Gasteiger partial charge in [0.1, 0.15) is 0 Å². The van der Waals surface area contributed by atoms with Crippen LogP contribution < -0.4 is 0 Å². The third kappa shape index (κ3) is 5.90. The molecule has 12 heavy (non-hydrogen) atoms. The Morgan fingerprint density at radius 3 is 1.50 bits per heavy atom.